The number of H-pyrrole nitrogens is 1. The van der Waals surface area contributed by atoms with Crippen molar-refractivity contribution >= 4 is 17.0 Å². The van der Waals surface area contributed by atoms with Crippen LogP contribution in [0.15, 0.2) is 24.3 Å². The first-order chi connectivity index (χ1) is 7.70. The van der Waals surface area contributed by atoms with Crippen LogP contribution in [0.1, 0.15) is 20.3 Å². The maximum atomic E-state index is 4.57. The van der Waals surface area contributed by atoms with E-state index in [1.54, 1.807) is 0 Å². The van der Waals surface area contributed by atoms with E-state index in [2.05, 4.69) is 41.8 Å². The van der Waals surface area contributed by atoms with Gasteiger partial charge in [0.15, 0.2) is 0 Å². The third kappa shape index (κ3) is 2.18. The third-order valence-electron chi connectivity index (χ3n) is 3.02. The molecule has 1 atom stereocenters. The van der Waals surface area contributed by atoms with E-state index >= 15 is 0 Å². The van der Waals surface area contributed by atoms with Crippen LogP contribution in [0.4, 0.5) is 5.95 Å². The smallest absolute Gasteiger partial charge is 0.203 e. The molecule has 1 aromatic heterocycles. The minimum absolute atomic E-state index is 0.693. The number of nitrogens with one attached hydrogen (secondary N) is 1. The van der Waals surface area contributed by atoms with Gasteiger partial charge in [-0.05, 0) is 18.1 Å². The number of imidazole rings is 1. The molecule has 0 saturated carbocycles. The monoisotopic (exact) mass is 217 g/mol. The fourth-order valence-electron chi connectivity index (χ4n) is 1.80. The Balaban J connectivity index is 2.19. The summed E-state index contributed by atoms with van der Waals surface area (Å²) in [5, 5.41) is 0. The van der Waals surface area contributed by atoms with Crippen LogP contribution in [0.3, 0.4) is 0 Å². The Bertz CT molecular complexity index is 428. The predicted molar refractivity (Wildman–Crippen MR) is 68.8 cm³/mol. The molecule has 0 aliphatic carbocycles. The van der Waals surface area contributed by atoms with Gasteiger partial charge in [0, 0.05) is 13.6 Å². The molecular formula is C13H19N3. The molecule has 2 aromatic rings. The van der Waals surface area contributed by atoms with E-state index in [1.165, 1.54) is 6.42 Å². The van der Waals surface area contributed by atoms with Crippen LogP contribution < -0.4 is 4.90 Å². The lowest BCUT2D eigenvalue weighted by atomic mass is 10.1. The predicted octanol–water partition coefficient (Wildman–Crippen LogP) is 3.05. The van der Waals surface area contributed by atoms with E-state index in [1.807, 2.05) is 18.2 Å². The van der Waals surface area contributed by atoms with Crippen LogP contribution in [0, 0.1) is 5.92 Å². The second-order valence-electron chi connectivity index (χ2n) is 4.47. The van der Waals surface area contributed by atoms with Gasteiger partial charge in [-0.2, -0.15) is 0 Å². The number of hydrogen-bond acceptors (Lipinski definition) is 2. The number of benzene rings is 1. The van der Waals surface area contributed by atoms with Crippen LogP contribution in [0.2, 0.25) is 0 Å². The quantitative estimate of drug-likeness (QED) is 0.853. The molecule has 1 unspecified atom stereocenters. The number of aromatic nitrogens is 2. The number of aromatic amines is 1. The molecule has 2 rings (SSSR count). The molecule has 16 heavy (non-hydrogen) atoms. The third-order valence-corrected chi connectivity index (χ3v) is 3.02. The molecule has 3 heteroatoms. The average molecular weight is 217 g/mol. The highest BCUT2D eigenvalue weighted by Crippen LogP contribution is 2.17. The molecule has 86 valence electrons. The number of nitrogens with zero attached hydrogens (tertiary/aromatic N) is 2. The molecule has 0 spiro atoms. The van der Waals surface area contributed by atoms with Crippen molar-refractivity contribution in [1.29, 1.82) is 0 Å². The van der Waals surface area contributed by atoms with Crippen molar-refractivity contribution < 1.29 is 0 Å². The molecule has 0 amide bonds. The zero-order valence-electron chi connectivity index (χ0n) is 10.2. The summed E-state index contributed by atoms with van der Waals surface area (Å²) in [6.45, 7) is 5.52. The van der Waals surface area contributed by atoms with Gasteiger partial charge in [0.05, 0.1) is 11.0 Å². The van der Waals surface area contributed by atoms with E-state index in [-0.39, 0.29) is 0 Å². The lowest BCUT2D eigenvalue weighted by Crippen LogP contribution is -2.24. The van der Waals surface area contributed by atoms with Gasteiger partial charge in [-0.15, -0.1) is 0 Å². The number of anilines is 1. The highest BCUT2D eigenvalue weighted by molar-refractivity contribution is 5.77. The first-order valence-corrected chi connectivity index (χ1v) is 5.86. The van der Waals surface area contributed by atoms with E-state index in [0.717, 1.165) is 23.5 Å². The summed E-state index contributed by atoms with van der Waals surface area (Å²) < 4.78 is 0. The molecular weight excluding hydrogens is 198 g/mol. The first-order valence-electron chi connectivity index (χ1n) is 5.86. The Labute approximate surface area is 96.5 Å². The van der Waals surface area contributed by atoms with Gasteiger partial charge in [0.2, 0.25) is 5.95 Å². The highest BCUT2D eigenvalue weighted by Gasteiger charge is 2.09. The minimum Gasteiger partial charge on any atom is -0.345 e. The summed E-state index contributed by atoms with van der Waals surface area (Å²) in [5.41, 5.74) is 2.14. The largest absolute Gasteiger partial charge is 0.345 e. The van der Waals surface area contributed by atoms with Crippen molar-refractivity contribution in [3.8, 4) is 0 Å². The van der Waals surface area contributed by atoms with E-state index in [9.17, 15) is 0 Å². The lowest BCUT2D eigenvalue weighted by Gasteiger charge is -2.19. The minimum atomic E-state index is 0.693. The number of hydrogen-bond donors (Lipinski definition) is 1. The molecule has 0 fully saturated rings. The molecule has 1 heterocycles. The summed E-state index contributed by atoms with van der Waals surface area (Å²) in [4.78, 5) is 10.1. The molecule has 3 nitrogen and oxygen atoms in total. The fraction of sp³-hybridized carbons (Fsp3) is 0.462. The fourth-order valence-corrected chi connectivity index (χ4v) is 1.80. The van der Waals surface area contributed by atoms with Crippen molar-refractivity contribution in [1.82, 2.24) is 9.97 Å². The maximum absolute atomic E-state index is 4.57. The summed E-state index contributed by atoms with van der Waals surface area (Å²) in [6, 6.07) is 8.13. The van der Waals surface area contributed by atoms with E-state index < -0.39 is 0 Å². The summed E-state index contributed by atoms with van der Waals surface area (Å²) in [7, 11) is 2.09. The zero-order valence-corrected chi connectivity index (χ0v) is 10.2. The van der Waals surface area contributed by atoms with Crippen molar-refractivity contribution in [3.63, 3.8) is 0 Å². The van der Waals surface area contributed by atoms with Gasteiger partial charge >= 0.3 is 0 Å². The van der Waals surface area contributed by atoms with Gasteiger partial charge in [0.25, 0.3) is 0 Å². The lowest BCUT2D eigenvalue weighted by molar-refractivity contribution is 0.556. The number of fused-ring (bicyclic) bond motifs is 1. The molecule has 0 radical (unpaired) electrons. The number of para-hydroxylation sites is 2. The Morgan fingerprint density at radius 2 is 2.12 bits per heavy atom. The highest BCUT2D eigenvalue weighted by atomic mass is 15.2. The topological polar surface area (TPSA) is 31.9 Å². The van der Waals surface area contributed by atoms with Gasteiger partial charge in [0.1, 0.15) is 0 Å². The van der Waals surface area contributed by atoms with Gasteiger partial charge in [-0.1, -0.05) is 32.4 Å². The van der Waals surface area contributed by atoms with Gasteiger partial charge < -0.3 is 9.88 Å². The van der Waals surface area contributed by atoms with Crippen LogP contribution in [-0.4, -0.2) is 23.6 Å². The summed E-state index contributed by atoms with van der Waals surface area (Å²) >= 11 is 0. The zero-order chi connectivity index (χ0) is 11.5. The van der Waals surface area contributed by atoms with Gasteiger partial charge in [-0.25, -0.2) is 4.98 Å². The Kier molecular flexibility index (Phi) is 3.13. The van der Waals surface area contributed by atoms with Gasteiger partial charge in [-0.3, -0.25) is 0 Å². The molecule has 1 N–H and O–H groups in total. The van der Waals surface area contributed by atoms with Crippen LogP contribution in [0.5, 0.6) is 0 Å². The van der Waals surface area contributed by atoms with E-state index in [4.69, 9.17) is 0 Å². The number of rotatable bonds is 4. The normalized spacial score (nSPS) is 12.9. The Morgan fingerprint density at radius 1 is 1.38 bits per heavy atom. The summed E-state index contributed by atoms with van der Waals surface area (Å²) in [5.74, 6) is 1.65. The average Bonchev–Trinajstić information content (AvgIpc) is 2.72. The SMILES string of the molecule is CCC(C)CN(C)c1nc2ccccc2[nH]1. The molecule has 0 saturated heterocycles. The Hall–Kier alpha value is -1.51. The van der Waals surface area contributed by atoms with E-state index in [0.29, 0.717) is 5.92 Å². The molecule has 0 bridgehead atoms. The van der Waals surface area contributed by atoms with Crippen LogP contribution >= 0.6 is 0 Å². The Morgan fingerprint density at radius 3 is 2.81 bits per heavy atom. The molecule has 0 aliphatic heterocycles. The van der Waals surface area contributed by atoms with Crippen molar-refractivity contribution in [2.24, 2.45) is 5.92 Å². The summed E-state index contributed by atoms with van der Waals surface area (Å²) in [6.07, 6.45) is 1.20. The van der Waals surface area contributed by atoms with Crippen molar-refractivity contribution in [3.05, 3.63) is 24.3 Å². The first kappa shape index (κ1) is 11.0. The van der Waals surface area contributed by atoms with Crippen molar-refractivity contribution in [2.75, 3.05) is 18.5 Å². The second kappa shape index (κ2) is 4.56. The molecule has 1 aromatic carbocycles. The molecule has 0 aliphatic rings. The second-order valence-corrected chi connectivity index (χ2v) is 4.47. The van der Waals surface area contributed by atoms with Crippen molar-refractivity contribution in [2.45, 2.75) is 20.3 Å². The maximum Gasteiger partial charge on any atom is 0.203 e. The van der Waals surface area contributed by atoms with Crippen LogP contribution in [0.25, 0.3) is 11.0 Å². The standard InChI is InChI=1S/C13H19N3/c1-4-10(2)9-16(3)13-14-11-7-5-6-8-12(11)15-13/h5-8,10H,4,9H2,1-3H3,(H,14,15). The van der Waals surface area contributed by atoms with Crippen LogP contribution in [-0.2, 0) is 0 Å².